The Hall–Kier alpha value is -0.0500. The van der Waals surface area contributed by atoms with Crippen LogP contribution >= 0.6 is 22.9 Å². The Kier molecular flexibility index (Phi) is 5.53. The minimum Gasteiger partial charge on any atom is -0.314 e. The Balaban J connectivity index is 1.90. The summed E-state index contributed by atoms with van der Waals surface area (Å²) in [5.74, 6) is 1.70. The van der Waals surface area contributed by atoms with E-state index in [1.54, 1.807) is 11.3 Å². The molecule has 0 radical (unpaired) electrons. The number of thiophene rings is 1. The second-order valence-electron chi connectivity index (χ2n) is 5.78. The summed E-state index contributed by atoms with van der Waals surface area (Å²) in [5.41, 5.74) is 0. The lowest BCUT2D eigenvalue weighted by molar-refractivity contribution is 0.225. The maximum Gasteiger partial charge on any atom is 0.0931 e. The van der Waals surface area contributed by atoms with Gasteiger partial charge in [0.1, 0.15) is 0 Å². The number of halogens is 1. The molecule has 1 fully saturated rings. The molecule has 3 heteroatoms. The van der Waals surface area contributed by atoms with E-state index in [0.29, 0.717) is 6.04 Å². The monoisotopic (exact) mass is 285 g/mol. The first-order chi connectivity index (χ1) is 8.65. The fourth-order valence-electron chi connectivity index (χ4n) is 2.93. The molecule has 0 aliphatic heterocycles. The smallest absolute Gasteiger partial charge is 0.0931 e. The molecule has 2 rings (SSSR count). The topological polar surface area (TPSA) is 12.0 Å². The third-order valence-electron chi connectivity index (χ3n) is 3.95. The fourth-order valence-corrected chi connectivity index (χ4v) is 4.11. The van der Waals surface area contributed by atoms with Crippen LogP contribution in [-0.4, -0.2) is 12.6 Å². The van der Waals surface area contributed by atoms with Crippen molar-refractivity contribution >= 4 is 22.9 Å². The molecule has 0 saturated heterocycles. The van der Waals surface area contributed by atoms with Crippen LogP contribution in [0.25, 0.3) is 0 Å². The Bertz CT molecular complexity index is 361. The Morgan fingerprint density at radius 3 is 2.61 bits per heavy atom. The van der Waals surface area contributed by atoms with E-state index in [1.165, 1.54) is 43.5 Å². The van der Waals surface area contributed by atoms with Crippen molar-refractivity contribution in [2.75, 3.05) is 6.54 Å². The Labute approximate surface area is 120 Å². The average molecular weight is 286 g/mol. The van der Waals surface area contributed by atoms with E-state index in [1.807, 2.05) is 6.07 Å². The van der Waals surface area contributed by atoms with Gasteiger partial charge in [-0.25, -0.2) is 0 Å². The quantitative estimate of drug-likeness (QED) is 0.823. The zero-order chi connectivity index (χ0) is 13.0. The Morgan fingerprint density at radius 2 is 2.00 bits per heavy atom. The molecule has 2 unspecified atom stereocenters. The summed E-state index contributed by atoms with van der Waals surface area (Å²) in [5, 5.41) is 3.61. The fraction of sp³-hybridized carbons (Fsp3) is 0.733. The molecule has 1 aliphatic rings. The zero-order valence-electron chi connectivity index (χ0n) is 11.4. The molecule has 1 aliphatic carbocycles. The molecule has 1 aromatic rings. The molecule has 102 valence electrons. The van der Waals surface area contributed by atoms with E-state index >= 15 is 0 Å². The second kappa shape index (κ2) is 6.93. The summed E-state index contributed by atoms with van der Waals surface area (Å²) in [6.45, 7) is 5.65. The SMILES string of the molecule is CC(C)NCC1CCCCC1Cc1ccc(Cl)s1. The van der Waals surface area contributed by atoms with Gasteiger partial charge in [-0.3, -0.25) is 0 Å². The van der Waals surface area contributed by atoms with Crippen LogP contribution in [0.2, 0.25) is 4.34 Å². The highest BCUT2D eigenvalue weighted by Gasteiger charge is 2.25. The summed E-state index contributed by atoms with van der Waals surface area (Å²) in [6, 6.07) is 4.84. The van der Waals surface area contributed by atoms with Gasteiger partial charge < -0.3 is 5.32 Å². The van der Waals surface area contributed by atoms with Crippen molar-refractivity contribution < 1.29 is 0 Å². The lowest BCUT2D eigenvalue weighted by atomic mass is 9.77. The maximum atomic E-state index is 6.02. The molecule has 0 amide bonds. The van der Waals surface area contributed by atoms with Crippen molar-refractivity contribution in [3.8, 4) is 0 Å². The highest BCUT2D eigenvalue weighted by Crippen LogP contribution is 2.34. The zero-order valence-corrected chi connectivity index (χ0v) is 13.0. The van der Waals surface area contributed by atoms with Crippen LogP contribution in [0.15, 0.2) is 12.1 Å². The molecule has 0 aromatic carbocycles. The molecule has 1 saturated carbocycles. The van der Waals surface area contributed by atoms with Crippen LogP contribution in [0.4, 0.5) is 0 Å². The highest BCUT2D eigenvalue weighted by atomic mass is 35.5. The van der Waals surface area contributed by atoms with Crippen LogP contribution in [0.1, 0.15) is 44.4 Å². The molecular formula is C15H24ClNS. The van der Waals surface area contributed by atoms with Crippen LogP contribution in [-0.2, 0) is 6.42 Å². The summed E-state index contributed by atoms with van der Waals surface area (Å²) < 4.78 is 0.928. The third kappa shape index (κ3) is 4.25. The molecule has 1 heterocycles. The van der Waals surface area contributed by atoms with Crippen LogP contribution < -0.4 is 5.32 Å². The summed E-state index contributed by atoms with van der Waals surface area (Å²) in [6.07, 6.45) is 6.82. The molecule has 1 N–H and O–H groups in total. The lowest BCUT2D eigenvalue weighted by Gasteiger charge is -2.32. The number of nitrogens with one attached hydrogen (secondary N) is 1. The number of hydrogen-bond donors (Lipinski definition) is 1. The normalized spacial score (nSPS) is 24.7. The van der Waals surface area contributed by atoms with Crippen molar-refractivity contribution in [3.63, 3.8) is 0 Å². The average Bonchev–Trinajstić information content (AvgIpc) is 2.73. The van der Waals surface area contributed by atoms with Gasteiger partial charge in [0, 0.05) is 10.9 Å². The molecule has 2 atom stereocenters. The lowest BCUT2D eigenvalue weighted by Crippen LogP contribution is -2.34. The maximum absolute atomic E-state index is 6.02. The largest absolute Gasteiger partial charge is 0.314 e. The summed E-state index contributed by atoms with van der Waals surface area (Å²) >= 11 is 7.78. The minimum atomic E-state index is 0.601. The minimum absolute atomic E-state index is 0.601. The van der Waals surface area contributed by atoms with E-state index in [4.69, 9.17) is 11.6 Å². The highest BCUT2D eigenvalue weighted by molar-refractivity contribution is 7.16. The van der Waals surface area contributed by atoms with E-state index in [2.05, 4.69) is 25.2 Å². The van der Waals surface area contributed by atoms with Gasteiger partial charge in [0.05, 0.1) is 4.34 Å². The first-order valence-corrected chi connectivity index (χ1v) is 8.32. The van der Waals surface area contributed by atoms with Crippen molar-refractivity contribution in [1.82, 2.24) is 5.32 Å². The predicted octanol–water partition coefficient (Wildman–Crippen LogP) is 4.75. The van der Waals surface area contributed by atoms with Gasteiger partial charge in [-0.1, -0.05) is 38.3 Å². The van der Waals surface area contributed by atoms with Gasteiger partial charge in [-0.2, -0.15) is 0 Å². The van der Waals surface area contributed by atoms with Gasteiger partial charge in [0.2, 0.25) is 0 Å². The summed E-state index contributed by atoms with van der Waals surface area (Å²) in [7, 11) is 0. The van der Waals surface area contributed by atoms with Gasteiger partial charge in [-0.05, 0) is 49.8 Å². The molecule has 0 bridgehead atoms. The molecule has 1 aromatic heterocycles. The van der Waals surface area contributed by atoms with E-state index in [9.17, 15) is 0 Å². The molecule has 18 heavy (non-hydrogen) atoms. The number of rotatable bonds is 5. The third-order valence-corrected chi connectivity index (χ3v) is 5.20. The molecule has 1 nitrogen and oxygen atoms in total. The first-order valence-electron chi connectivity index (χ1n) is 7.12. The van der Waals surface area contributed by atoms with Gasteiger partial charge in [-0.15, -0.1) is 11.3 Å². The van der Waals surface area contributed by atoms with E-state index in [0.717, 1.165) is 16.2 Å². The molecule has 0 spiro atoms. The summed E-state index contributed by atoms with van der Waals surface area (Å²) in [4.78, 5) is 1.46. The van der Waals surface area contributed by atoms with Gasteiger partial charge >= 0.3 is 0 Å². The van der Waals surface area contributed by atoms with Crippen molar-refractivity contribution in [1.29, 1.82) is 0 Å². The number of hydrogen-bond acceptors (Lipinski definition) is 2. The first kappa shape index (κ1) is 14.4. The van der Waals surface area contributed by atoms with Crippen molar-refractivity contribution in [2.24, 2.45) is 11.8 Å². The van der Waals surface area contributed by atoms with Crippen LogP contribution in [0.5, 0.6) is 0 Å². The van der Waals surface area contributed by atoms with Gasteiger partial charge in [0.25, 0.3) is 0 Å². The Morgan fingerprint density at radius 1 is 1.28 bits per heavy atom. The van der Waals surface area contributed by atoms with Crippen LogP contribution in [0.3, 0.4) is 0 Å². The predicted molar refractivity (Wildman–Crippen MR) is 81.6 cm³/mol. The van der Waals surface area contributed by atoms with E-state index in [-0.39, 0.29) is 0 Å². The van der Waals surface area contributed by atoms with Gasteiger partial charge in [0.15, 0.2) is 0 Å². The second-order valence-corrected chi connectivity index (χ2v) is 7.58. The van der Waals surface area contributed by atoms with E-state index < -0.39 is 0 Å². The van der Waals surface area contributed by atoms with Crippen molar-refractivity contribution in [3.05, 3.63) is 21.3 Å². The van der Waals surface area contributed by atoms with Crippen LogP contribution in [0, 0.1) is 11.8 Å². The molecular weight excluding hydrogens is 262 g/mol. The van der Waals surface area contributed by atoms with Crippen molar-refractivity contribution in [2.45, 2.75) is 52.0 Å². The standard InChI is InChI=1S/C15H24ClNS/c1-11(2)17-10-13-6-4-3-5-12(13)9-14-7-8-15(16)18-14/h7-8,11-13,17H,3-6,9-10H2,1-2H3.